The number of sulfonamides is 1. The van der Waals surface area contributed by atoms with Crippen LogP contribution in [0.25, 0.3) is 22.2 Å². The fourth-order valence-corrected chi connectivity index (χ4v) is 6.40. The maximum absolute atomic E-state index is 13.7. The van der Waals surface area contributed by atoms with Crippen molar-refractivity contribution >= 4 is 38.3 Å². The Balaban J connectivity index is 1.32. The second-order valence-corrected chi connectivity index (χ2v) is 11.4. The SMILES string of the molecule is Nc1ncnc2c1c(C(=O)c1cccc(NS(=O)(=O)c3cccc(-c4ccccc4)c3)c1)cn2C1CCCC1. The van der Waals surface area contributed by atoms with E-state index in [0.717, 1.165) is 36.8 Å². The van der Waals surface area contributed by atoms with Crippen LogP contribution in [0.5, 0.6) is 0 Å². The molecule has 0 amide bonds. The van der Waals surface area contributed by atoms with Gasteiger partial charge in [-0.05, 0) is 48.2 Å². The Morgan fingerprint density at radius 1 is 0.897 bits per heavy atom. The van der Waals surface area contributed by atoms with Gasteiger partial charge in [0.1, 0.15) is 17.8 Å². The van der Waals surface area contributed by atoms with E-state index < -0.39 is 10.0 Å². The second-order valence-electron chi connectivity index (χ2n) is 9.76. The van der Waals surface area contributed by atoms with E-state index in [1.165, 1.54) is 6.33 Å². The fraction of sp³-hybridized carbons (Fsp3) is 0.167. The molecular formula is C30H27N5O3S. The molecule has 5 aromatic rings. The largest absolute Gasteiger partial charge is 0.383 e. The number of benzene rings is 3. The Bertz CT molecular complexity index is 1790. The van der Waals surface area contributed by atoms with Crippen molar-refractivity contribution in [2.24, 2.45) is 0 Å². The van der Waals surface area contributed by atoms with Gasteiger partial charge in [0.25, 0.3) is 10.0 Å². The summed E-state index contributed by atoms with van der Waals surface area (Å²) in [7, 11) is -3.90. The number of aromatic nitrogens is 3. The predicted molar refractivity (Wildman–Crippen MR) is 152 cm³/mol. The summed E-state index contributed by atoms with van der Waals surface area (Å²) in [5, 5.41) is 0.526. The third kappa shape index (κ3) is 4.77. The van der Waals surface area contributed by atoms with Crippen molar-refractivity contribution in [3.63, 3.8) is 0 Å². The molecule has 1 fully saturated rings. The molecule has 1 aliphatic rings. The van der Waals surface area contributed by atoms with Crippen LogP contribution in [-0.4, -0.2) is 28.7 Å². The second kappa shape index (κ2) is 9.99. The van der Waals surface area contributed by atoms with Gasteiger partial charge in [-0.25, -0.2) is 18.4 Å². The molecule has 9 heteroatoms. The molecule has 0 aliphatic heterocycles. The van der Waals surface area contributed by atoms with Gasteiger partial charge in [-0.2, -0.15) is 0 Å². The zero-order valence-electron chi connectivity index (χ0n) is 21.1. The Labute approximate surface area is 226 Å². The van der Waals surface area contributed by atoms with Gasteiger partial charge in [0, 0.05) is 23.5 Å². The minimum atomic E-state index is -3.90. The summed E-state index contributed by atoms with van der Waals surface area (Å²) >= 11 is 0. The molecule has 0 spiro atoms. The Morgan fingerprint density at radius 3 is 2.44 bits per heavy atom. The molecule has 3 aromatic carbocycles. The molecular weight excluding hydrogens is 510 g/mol. The normalized spacial score (nSPS) is 14.1. The van der Waals surface area contributed by atoms with E-state index in [1.54, 1.807) is 42.5 Å². The number of carbonyl (C=O) groups is 1. The molecule has 2 heterocycles. The highest BCUT2D eigenvalue weighted by Crippen LogP contribution is 2.35. The van der Waals surface area contributed by atoms with E-state index in [1.807, 2.05) is 47.2 Å². The van der Waals surface area contributed by atoms with Gasteiger partial charge in [0.15, 0.2) is 5.78 Å². The number of nitrogen functional groups attached to an aromatic ring is 1. The lowest BCUT2D eigenvalue weighted by atomic mass is 10.0. The van der Waals surface area contributed by atoms with Crippen molar-refractivity contribution in [3.05, 3.63) is 103 Å². The maximum Gasteiger partial charge on any atom is 0.261 e. The average molecular weight is 538 g/mol. The van der Waals surface area contributed by atoms with Crippen LogP contribution in [0.2, 0.25) is 0 Å². The summed E-state index contributed by atoms with van der Waals surface area (Å²) in [5.74, 6) is -0.0272. The lowest BCUT2D eigenvalue weighted by Crippen LogP contribution is -2.13. The van der Waals surface area contributed by atoms with Gasteiger partial charge in [-0.15, -0.1) is 0 Å². The van der Waals surface area contributed by atoms with Crippen LogP contribution in [0.3, 0.4) is 0 Å². The van der Waals surface area contributed by atoms with Crippen molar-refractivity contribution in [1.82, 2.24) is 14.5 Å². The topological polar surface area (TPSA) is 120 Å². The number of ketones is 1. The van der Waals surface area contributed by atoms with Gasteiger partial charge in [0.2, 0.25) is 0 Å². The molecule has 1 saturated carbocycles. The Morgan fingerprint density at radius 2 is 1.64 bits per heavy atom. The molecule has 3 N–H and O–H groups in total. The number of anilines is 2. The lowest BCUT2D eigenvalue weighted by molar-refractivity contribution is 0.104. The molecule has 196 valence electrons. The summed E-state index contributed by atoms with van der Waals surface area (Å²) in [6, 6.07) is 23.1. The summed E-state index contributed by atoms with van der Waals surface area (Å²) < 4.78 is 31.2. The van der Waals surface area contributed by atoms with E-state index in [2.05, 4.69) is 14.7 Å². The highest BCUT2D eigenvalue weighted by atomic mass is 32.2. The van der Waals surface area contributed by atoms with E-state index in [-0.39, 0.29) is 28.2 Å². The quantitative estimate of drug-likeness (QED) is 0.252. The molecule has 2 aromatic heterocycles. The number of nitrogens with zero attached hydrogens (tertiary/aromatic N) is 3. The first-order chi connectivity index (χ1) is 18.9. The first kappa shape index (κ1) is 24.8. The molecule has 6 rings (SSSR count). The third-order valence-corrected chi connectivity index (χ3v) is 8.61. The van der Waals surface area contributed by atoms with Gasteiger partial charge >= 0.3 is 0 Å². The standard InChI is InChI=1S/C30H27N5O3S/c31-29-27-26(18-35(24-13-4-5-14-24)30(27)33-19-32-29)28(36)22-11-6-12-23(16-22)34-39(37,38)25-15-7-10-21(17-25)20-8-2-1-3-9-20/h1-3,6-12,15-19,24,34H,4-5,13-14H2,(H2,31,32,33). The Hall–Kier alpha value is -4.50. The minimum absolute atomic E-state index is 0.130. The number of nitrogens with one attached hydrogen (secondary N) is 1. The van der Waals surface area contributed by atoms with E-state index >= 15 is 0 Å². The molecule has 8 nitrogen and oxygen atoms in total. The third-order valence-electron chi connectivity index (χ3n) is 7.23. The smallest absolute Gasteiger partial charge is 0.261 e. The van der Waals surface area contributed by atoms with Gasteiger partial charge in [-0.1, -0.05) is 67.4 Å². The summed E-state index contributed by atoms with van der Waals surface area (Å²) in [5.41, 5.74) is 9.60. The number of fused-ring (bicyclic) bond motifs is 1. The van der Waals surface area contributed by atoms with Gasteiger partial charge in [-0.3, -0.25) is 9.52 Å². The molecule has 0 bridgehead atoms. The van der Waals surface area contributed by atoms with Gasteiger partial charge < -0.3 is 10.3 Å². The average Bonchev–Trinajstić information content (AvgIpc) is 3.62. The monoisotopic (exact) mass is 537 g/mol. The van der Waals surface area contributed by atoms with Crippen molar-refractivity contribution in [2.45, 2.75) is 36.6 Å². The van der Waals surface area contributed by atoms with Crippen LogP contribution < -0.4 is 10.5 Å². The molecule has 39 heavy (non-hydrogen) atoms. The predicted octanol–water partition coefficient (Wildman–Crippen LogP) is 5.83. The zero-order valence-corrected chi connectivity index (χ0v) is 21.9. The highest BCUT2D eigenvalue weighted by molar-refractivity contribution is 7.92. The Kier molecular flexibility index (Phi) is 6.36. The number of hydrogen-bond acceptors (Lipinski definition) is 6. The fourth-order valence-electron chi connectivity index (χ4n) is 5.31. The van der Waals surface area contributed by atoms with Crippen molar-refractivity contribution in [1.29, 1.82) is 0 Å². The first-order valence-corrected chi connectivity index (χ1v) is 14.3. The summed E-state index contributed by atoms with van der Waals surface area (Å²) in [4.78, 5) is 22.4. The summed E-state index contributed by atoms with van der Waals surface area (Å²) in [6.45, 7) is 0. The van der Waals surface area contributed by atoms with Crippen LogP contribution in [0.4, 0.5) is 11.5 Å². The highest BCUT2D eigenvalue weighted by Gasteiger charge is 2.26. The van der Waals surface area contributed by atoms with Crippen LogP contribution in [0, 0.1) is 0 Å². The first-order valence-electron chi connectivity index (χ1n) is 12.8. The molecule has 0 saturated heterocycles. The number of hydrogen-bond donors (Lipinski definition) is 2. The van der Waals surface area contributed by atoms with Gasteiger partial charge in [0.05, 0.1) is 15.8 Å². The summed E-state index contributed by atoms with van der Waals surface area (Å²) in [6.07, 6.45) is 7.53. The van der Waals surface area contributed by atoms with Crippen molar-refractivity contribution < 1.29 is 13.2 Å². The molecule has 0 unspecified atom stereocenters. The van der Waals surface area contributed by atoms with Crippen molar-refractivity contribution in [2.75, 3.05) is 10.5 Å². The van der Waals surface area contributed by atoms with Crippen molar-refractivity contribution in [3.8, 4) is 11.1 Å². The molecule has 0 radical (unpaired) electrons. The number of carbonyl (C=O) groups excluding carboxylic acids is 1. The van der Waals surface area contributed by atoms with Crippen LogP contribution in [0.15, 0.2) is 96.3 Å². The number of nitrogens with two attached hydrogens (primary N) is 1. The van der Waals surface area contributed by atoms with Crippen LogP contribution in [0.1, 0.15) is 47.6 Å². The number of rotatable bonds is 7. The van der Waals surface area contributed by atoms with E-state index in [4.69, 9.17) is 5.73 Å². The molecule has 1 aliphatic carbocycles. The van der Waals surface area contributed by atoms with E-state index in [9.17, 15) is 13.2 Å². The van der Waals surface area contributed by atoms with E-state index in [0.29, 0.717) is 22.2 Å². The maximum atomic E-state index is 13.7. The van der Waals surface area contributed by atoms with Crippen LogP contribution in [-0.2, 0) is 10.0 Å². The minimum Gasteiger partial charge on any atom is -0.383 e. The van der Waals surface area contributed by atoms with Crippen LogP contribution >= 0.6 is 0 Å². The lowest BCUT2D eigenvalue weighted by Gasteiger charge is -2.12. The zero-order chi connectivity index (χ0) is 27.0. The molecule has 0 atom stereocenters.